The zero-order valence-corrected chi connectivity index (χ0v) is 15.5. The van der Waals surface area contributed by atoms with Gasteiger partial charge in [0.2, 0.25) is 0 Å². The summed E-state index contributed by atoms with van der Waals surface area (Å²) in [6.45, 7) is 11.5. The molecule has 0 aliphatic heterocycles. The molecule has 2 aromatic carbocycles. The molecule has 0 N–H and O–H groups in total. The third kappa shape index (κ3) is 3.48. The second-order valence-corrected chi connectivity index (χ2v) is 13.5. The smallest absolute Gasteiger partial charge is 0.0652 e. The van der Waals surface area contributed by atoms with Crippen LogP contribution in [0, 0.1) is 13.8 Å². The first-order valence-electron chi connectivity index (χ1n) is 6.66. The van der Waals surface area contributed by atoms with Gasteiger partial charge in [-0.15, -0.1) is 0 Å². The quantitative estimate of drug-likeness (QED) is 0.436. The molecule has 0 saturated carbocycles. The Morgan fingerprint density at radius 1 is 1.00 bits per heavy atom. The first-order chi connectivity index (χ1) is 8.77. The van der Waals surface area contributed by atoms with Crippen molar-refractivity contribution in [2.75, 3.05) is 0 Å². The fourth-order valence-corrected chi connectivity index (χ4v) is 2.98. The molecule has 2 rings (SSSR count). The second kappa shape index (κ2) is 5.41. The molecule has 0 nitrogen and oxygen atoms in total. The molecule has 0 saturated heterocycles. The molecule has 0 bridgehead atoms. The Labute approximate surface area is 131 Å². The largest absolute Gasteiger partial charge is 0.0854 e. The van der Waals surface area contributed by atoms with Crippen molar-refractivity contribution in [1.82, 2.24) is 0 Å². The molecular weight excluding hydrogens is 359 g/mol. The molecule has 0 unspecified atom stereocenters. The molecule has 0 aliphatic rings. The van der Waals surface area contributed by atoms with E-state index in [4.69, 9.17) is 0 Å². The lowest BCUT2D eigenvalue weighted by Crippen LogP contribution is -2.19. The van der Waals surface area contributed by atoms with Gasteiger partial charge in [-0.2, -0.15) is 0 Å². The summed E-state index contributed by atoms with van der Waals surface area (Å²) in [4.78, 5) is 0. The molecule has 0 amide bonds. The van der Waals surface area contributed by atoms with Gasteiger partial charge in [-0.1, -0.05) is 72.1 Å². The minimum Gasteiger partial charge on any atom is -0.0652 e. The van der Waals surface area contributed by atoms with Gasteiger partial charge in [-0.3, -0.25) is 0 Å². The van der Waals surface area contributed by atoms with Crippen molar-refractivity contribution >= 4 is 47.5 Å². The van der Waals surface area contributed by atoms with Crippen molar-refractivity contribution in [3.05, 3.63) is 50.2 Å². The van der Waals surface area contributed by atoms with Crippen molar-refractivity contribution in [3.63, 3.8) is 0 Å². The van der Waals surface area contributed by atoms with Gasteiger partial charge < -0.3 is 0 Å². The monoisotopic (exact) mass is 380 g/mol. The summed E-state index contributed by atoms with van der Waals surface area (Å²) in [5.74, 6) is 0. The van der Waals surface area contributed by atoms with Crippen molar-refractivity contribution in [1.29, 1.82) is 0 Å². The molecule has 0 aliphatic carbocycles. The summed E-state index contributed by atoms with van der Waals surface area (Å²) in [6.07, 6.45) is 2.38. The van der Waals surface area contributed by atoms with E-state index in [2.05, 4.69) is 92.5 Å². The van der Waals surface area contributed by atoms with Crippen LogP contribution in [0.5, 0.6) is 0 Å². The fraction of sp³-hybridized carbons (Fsp3) is 0.294. The zero-order valence-electron chi connectivity index (χ0n) is 12.3. The van der Waals surface area contributed by atoms with E-state index in [9.17, 15) is 0 Å². The number of halogens is 1. The highest BCUT2D eigenvalue weighted by atomic mass is 127. The standard InChI is InChI=1S/C17H21ISi/c1-12-6-7-14-9-13(2)15(10-16(14)8-12)11-17(18)19(3,4)5/h6-11H,1-5H3/b17-11+. The van der Waals surface area contributed by atoms with E-state index in [0.29, 0.717) is 0 Å². The average molecular weight is 380 g/mol. The van der Waals surface area contributed by atoms with Crippen LogP contribution >= 0.6 is 22.6 Å². The predicted molar refractivity (Wildman–Crippen MR) is 98.8 cm³/mol. The van der Waals surface area contributed by atoms with Crippen molar-refractivity contribution in [2.45, 2.75) is 33.5 Å². The number of fused-ring (bicyclic) bond motifs is 1. The number of benzene rings is 2. The Bertz CT molecular complexity index is 648. The van der Waals surface area contributed by atoms with Crippen LogP contribution in [-0.2, 0) is 0 Å². The number of aryl methyl sites for hydroxylation is 2. The summed E-state index contributed by atoms with van der Waals surface area (Å²) in [5, 5.41) is 2.68. The minimum absolute atomic E-state index is 1.20. The third-order valence-electron chi connectivity index (χ3n) is 3.38. The van der Waals surface area contributed by atoms with E-state index in [1.165, 1.54) is 30.7 Å². The Kier molecular flexibility index (Phi) is 4.21. The van der Waals surface area contributed by atoms with Crippen molar-refractivity contribution in [3.8, 4) is 0 Å². The van der Waals surface area contributed by atoms with Gasteiger partial charge in [-0.05, 0) is 51.1 Å². The Balaban J connectivity index is 2.58. The fourth-order valence-electron chi connectivity index (χ4n) is 2.06. The summed E-state index contributed by atoms with van der Waals surface area (Å²) in [6, 6.07) is 11.3. The van der Waals surface area contributed by atoms with Gasteiger partial charge in [-0.25, -0.2) is 0 Å². The molecule has 0 radical (unpaired) electrons. The van der Waals surface area contributed by atoms with Crippen LogP contribution in [0.15, 0.2) is 33.5 Å². The predicted octanol–water partition coefficient (Wildman–Crippen LogP) is 6.11. The second-order valence-electron chi connectivity index (χ2n) is 6.30. The molecule has 0 heterocycles. The Hall–Kier alpha value is -0.613. The topological polar surface area (TPSA) is 0 Å². The highest BCUT2D eigenvalue weighted by Gasteiger charge is 2.17. The van der Waals surface area contributed by atoms with Crippen LogP contribution in [0.1, 0.15) is 16.7 Å². The first-order valence-corrected chi connectivity index (χ1v) is 11.2. The van der Waals surface area contributed by atoms with E-state index in [1.807, 2.05) is 0 Å². The maximum Gasteiger partial charge on any atom is 0.0854 e. The summed E-state index contributed by atoms with van der Waals surface area (Å²) < 4.78 is 1.53. The normalized spacial score (nSPS) is 13.1. The van der Waals surface area contributed by atoms with Gasteiger partial charge in [0.1, 0.15) is 0 Å². The van der Waals surface area contributed by atoms with Gasteiger partial charge in [0, 0.05) is 0 Å². The van der Waals surface area contributed by atoms with Crippen molar-refractivity contribution in [2.24, 2.45) is 0 Å². The highest BCUT2D eigenvalue weighted by Crippen LogP contribution is 2.28. The highest BCUT2D eigenvalue weighted by molar-refractivity contribution is 14.1. The van der Waals surface area contributed by atoms with E-state index < -0.39 is 8.07 Å². The lowest BCUT2D eigenvalue weighted by molar-refractivity contribution is 1.45. The van der Waals surface area contributed by atoms with Crippen LogP contribution in [0.4, 0.5) is 0 Å². The van der Waals surface area contributed by atoms with Crippen LogP contribution in [0.25, 0.3) is 16.8 Å². The van der Waals surface area contributed by atoms with Gasteiger partial charge in [0.25, 0.3) is 0 Å². The minimum atomic E-state index is -1.20. The zero-order chi connectivity index (χ0) is 14.2. The molecule has 0 aromatic heterocycles. The van der Waals surface area contributed by atoms with Gasteiger partial charge in [0.05, 0.1) is 8.07 Å². The van der Waals surface area contributed by atoms with Crippen LogP contribution in [-0.4, -0.2) is 8.07 Å². The van der Waals surface area contributed by atoms with Gasteiger partial charge >= 0.3 is 0 Å². The third-order valence-corrected chi connectivity index (χ3v) is 10.1. The Morgan fingerprint density at radius 3 is 2.32 bits per heavy atom. The summed E-state index contributed by atoms with van der Waals surface area (Å²) in [5.41, 5.74) is 4.06. The maximum absolute atomic E-state index is 2.52. The van der Waals surface area contributed by atoms with Gasteiger partial charge in [0.15, 0.2) is 0 Å². The average Bonchev–Trinajstić information content (AvgIpc) is 2.29. The molecular formula is C17H21ISi. The lowest BCUT2D eigenvalue weighted by atomic mass is 10.0. The van der Waals surface area contributed by atoms with Crippen LogP contribution < -0.4 is 0 Å². The number of hydrogen-bond acceptors (Lipinski definition) is 0. The molecule has 19 heavy (non-hydrogen) atoms. The molecule has 0 atom stereocenters. The molecule has 100 valence electrons. The first kappa shape index (κ1) is 14.8. The molecule has 0 spiro atoms. The van der Waals surface area contributed by atoms with E-state index in [0.717, 1.165) is 0 Å². The Morgan fingerprint density at radius 2 is 1.68 bits per heavy atom. The van der Waals surface area contributed by atoms with Crippen LogP contribution in [0.3, 0.4) is 0 Å². The van der Waals surface area contributed by atoms with Crippen molar-refractivity contribution < 1.29 is 0 Å². The van der Waals surface area contributed by atoms with E-state index >= 15 is 0 Å². The molecule has 2 aromatic rings. The molecule has 2 heteroatoms. The molecule has 0 fully saturated rings. The number of rotatable bonds is 2. The van der Waals surface area contributed by atoms with Crippen LogP contribution in [0.2, 0.25) is 19.6 Å². The maximum atomic E-state index is 2.52. The van der Waals surface area contributed by atoms with E-state index in [1.54, 1.807) is 0 Å². The van der Waals surface area contributed by atoms with E-state index in [-0.39, 0.29) is 0 Å². The number of hydrogen-bond donors (Lipinski definition) is 0. The summed E-state index contributed by atoms with van der Waals surface area (Å²) >= 11 is 2.52. The summed E-state index contributed by atoms with van der Waals surface area (Å²) in [7, 11) is -1.20. The SMILES string of the molecule is Cc1ccc2cc(C)c(/C=C(\I)[Si](C)(C)C)cc2c1. The lowest BCUT2D eigenvalue weighted by Gasteiger charge is -2.16.